The van der Waals surface area contributed by atoms with Crippen LogP contribution in [-0.4, -0.2) is 9.13 Å². The van der Waals surface area contributed by atoms with Crippen molar-refractivity contribution in [1.29, 1.82) is 0 Å². The number of rotatable bonds is 4. The molecule has 0 N–H and O–H groups in total. The van der Waals surface area contributed by atoms with Gasteiger partial charge < -0.3 is 0 Å². The predicted octanol–water partition coefficient (Wildman–Crippen LogP) is 5.35. The standard InChI is InChI=1S/C19H19ClN2OS2/c1-11-3-4-12(2)16(14(11)9-20)22-15-7-8-25-17(15)18(23)21(19(22)24)10-13-5-6-13/h3-4,7-8,13H,5-6,9-10H2,1-2H3. The molecular weight excluding hydrogens is 372 g/mol. The third kappa shape index (κ3) is 2.78. The molecule has 6 heteroatoms. The second-order valence-corrected chi connectivity index (χ2v) is 8.32. The molecule has 1 aromatic carbocycles. The molecule has 25 heavy (non-hydrogen) atoms. The number of alkyl halides is 1. The van der Waals surface area contributed by atoms with Crippen LogP contribution < -0.4 is 5.56 Å². The second kappa shape index (κ2) is 6.38. The van der Waals surface area contributed by atoms with Crippen LogP contribution in [0.1, 0.15) is 29.5 Å². The van der Waals surface area contributed by atoms with Crippen molar-refractivity contribution in [3.05, 3.63) is 55.4 Å². The molecular formula is C19H19ClN2OS2. The molecule has 130 valence electrons. The molecule has 1 aliphatic rings. The lowest BCUT2D eigenvalue weighted by Crippen LogP contribution is -2.25. The van der Waals surface area contributed by atoms with Gasteiger partial charge in [0, 0.05) is 12.4 Å². The average molecular weight is 391 g/mol. The molecule has 1 fully saturated rings. The summed E-state index contributed by atoms with van der Waals surface area (Å²) in [5.41, 5.74) is 5.26. The molecule has 0 aliphatic heterocycles. The lowest BCUT2D eigenvalue weighted by molar-refractivity contribution is 0.585. The van der Waals surface area contributed by atoms with Crippen LogP contribution in [0.2, 0.25) is 0 Å². The summed E-state index contributed by atoms with van der Waals surface area (Å²) in [4.78, 5) is 12.9. The number of hydrogen-bond donors (Lipinski definition) is 0. The third-order valence-electron chi connectivity index (χ3n) is 4.96. The van der Waals surface area contributed by atoms with Crippen LogP contribution in [0, 0.1) is 24.5 Å². The Bertz CT molecular complexity index is 1090. The van der Waals surface area contributed by atoms with Gasteiger partial charge in [0.15, 0.2) is 4.77 Å². The molecule has 0 atom stereocenters. The maximum atomic E-state index is 12.9. The van der Waals surface area contributed by atoms with Gasteiger partial charge in [-0.05, 0) is 73.0 Å². The maximum Gasteiger partial charge on any atom is 0.272 e. The van der Waals surface area contributed by atoms with Crippen molar-refractivity contribution in [2.45, 2.75) is 39.1 Å². The fourth-order valence-electron chi connectivity index (χ4n) is 3.34. The van der Waals surface area contributed by atoms with Crippen LogP contribution in [-0.2, 0) is 12.4 Å². The Morgan fingerprint density at radius 1 is 1.24 bits per heavy atom. The molecule has 1 aliphatic carbocycles. The van der Waals surface area contributed by atoms with E-state index in [2.05, 4.69) is 30.5 Å². The zero-order valence-corrected chi connectivity index (χ0v) is 16.6. The SMILES string of the molecule is Cc1ccc(C)c(-n2c(=S)n(CC3CC3)c(=O)c3sccc32)c1CCl. The molecule has 0 amide bonds. The van der Waals surface area contributed by atoms with Gasteiger partial charge in [-0.25, -0.2) is 0 Å². The van der Waals surface area contributed by atoms with Crippen LogP contribution in [0.15, 0.2) is 28.4 Å². The van der Waals surface area contributed by atoms with E-state index in [0.717, 1.165) is 32.6 Å². The van der Waals surface area contributed by atoms with Crippen molar-refractivity contribution in [3.8, 4) is 5.69 Å². The van der Waals surface area contributed by atoms with E-state index in [-0.39, 0.29) is 5.56 Å². The first kappa shape index (κ1) is 17.0. The Morgan fingerprint density at radius 3 is 2.64 bits per heavy atom. The van der Waals surface area contributed by atoms with Crippen molar-refractivity contribution in [2.24, 2.45) is 5.92 Å². The van der Waals surface area contributed by atoms with Crippen LogP contribution in [0.4, 0.5) is 0 Å². The normalized spacial score (nSPS) is 14.4. The zero-order valence-electron chi connectivity index (χ0n) is 14.2. The summed E-state index contributed by atoms with van der Waals surface area (Å²) in [6.45, 7) is 4.85. The fraction of sp³-hybridized carbons (Fsp3) is 0.368. The number of benzene rings is 1. The van der Waals surface area contributed by atoms with E-state index >= 15 is 0 Å². The van der Waals surface area contributed by atoms with E-state index in [4.69, 9.17) is 23.8 Å². The minimum Gasteiger partial charge on any atom is -0.285 e. The van der Waals surface area contributed by atoms with Gasteiger partial charge in [-0.1, -0.05) is 12.1 Å². The first-order valence-electron chi connectivity index (χ1n) is 8.41. The van der Waals surface area contributed by atoms with Gasteiger partial charge in [0.05, 0.1) is 11.2 Å². The van der Waals surface area contributed by atoms with Crippen molar-refractivity contribution in [1.82, 2.24) is 9.13 Å². The largest absolute Gasteiger partial charge is 0.285 e. The predicted molar refractivity (Wildman–Crippen MR) is 108 cm³/mol. The molecule has 2 heterocycles. The van der Waals surface area contributed by atoms with Crippen molar-refractivity contribution < 1.29 is 0 Å². The van der Waals surface area contributed by atoms with Crippen molar-refractivity contribution in [3.63, 3.8) is 0 Å². The minimum atomic E-state index is 0.0379. The molecule has 0 bridgehead atoms. The van der Waals surface area contributed by atoms with Gasteiger partial charge in [-0.15, -0.1) is 22.9 Å². The number of hydrogen-bond acceptors (Lipinski definition) is 3. The zero-order chi connectivity index (χ0) is 17.7. The molecule has 3 aromatic rings. The van der Waals surface area contributed by atoms with Crippen molar-refractivity contribution >= 4 is 45.4 Å². The number of fused-ring (bicyclic) bond motifs is 1. The smallest absolute Gasteiger partial charge is 0.272 e. The highest BCUT2D eigenvalue weighted by atomic mass is 35.5. The van der Waals surface area contributed by atoms with E-state index in [1.54, 1.807) is 4.57 Å². The van der Waals surface area contributed by atoms with Gasteiger partial charge in [0.2, 0.25) is 0 Å². The summed E-state index contributed by atoms with van der Waals surface area (Å²) in [6.07, 6.45) is 2.36. The fourth-order valence-corrected chi connectivity index (χ4v) is 4.85. The minimum absolute atomic E-state index is 0.0379. The lowest BCUT2D eigenvalue weighted by Gasteiger charge is -2.20. The molecule has 0 saturated heterocycles. The van der Waals surface area contributed by atoms with E-state index in [9.17, 15) is 4.79 Å². The van der Waals surface area contributed by atoms with Crippen molar-refractivity contribution in [2.75, 3.05) is 0 Å². The quantitative estimate of drug-likeness (QED) is 0.443. The van der Waals surface area contributed by atoms with Gasteiger partial charge in [-0.3, -0.25) is 13.9 Å². The summed E-state index contributed by atoms with van der Waals surface area (Å²) < 4.78 is 5.18. The lowest BCUT2D eigenvalue weighted by atomic mass is 10.0. The Kier molecular flexibility index (Phi) is 4.34. The van der Waals surface area contributed by atoms with E-state index < -0.39 is 0 Å². The van der Waals surface area contributed by atoms with Crippen LogP contribution in [0.25, 0.3) is 15.9 Å². The molecule has 4 rings (SSSR count). The number of halogens is 1. The number of aromatic nitrogens is 2. The first-order chi connectivity index (χ1) is 12.0. The molecule has 0 radical (unpaired) electrons. The van der Waals surface area contributed by atoms with E-state index in [0.29, 0.717) is 23.1 Å². The van der Waals surface area contributed by atoms with Crippen LogP contribution in [0.5, 0.6) is 0 Å². The Balaban J connectivity index is 2.13. The number of aryl methyl sites for hydroxylation is 2. The summed E-state index contributed by atoms with van der Waals surface area (Å²) in [7, 11) is 0. The van der Waals surface area contributed by atoms with Gasteiger partial charge in [0.1, 0.15) is 4.70 Å². The molecule has 1 saturated carbocycles. The monoisotopic (exact) mass is 390 g/mol. The van der Waals surface area contributed by atoms with Crippen LogP contribution in [0.3, 0.4) is 0 Å². The first-order valence-corrected chi connectivity index (χ1v) is 10.2. The van der Waals surface area contributed by atoms with Crippen LogP contribution >= 0.6 is 35.2 Å². The Hall–Kier alpha value is -1.43. The number of thiophene rings is 1. The van der Waals surface area contributed by atoms with E-state index in [1.807, 2.05) is 11.4 Å². The third-order valence-corrected chi connectivity index (χ3v) is 6.52. The summed E-state index contributed by atoms with van der Waals surface area (Å²) in [5, 5.41) is 1.96. The molecule has 2 aromatic heterocycles. The molecule has 0 unspecified atom stereocenters. The highest BCUT2D eigenvalue weighted by Crippen LogP contribution is 2.32. The highest BCUT2D eigenvalue weighted by molar-refractivity contribution is 7.71. The maximum absolute atomic E-state index is 12.9. The molecule has 3 nitrogen and oxygen atoms in total. The van der Waals surface area contributed by atoms with Gasteiger partial charge in [-0.2, -0.15) is 0 Å². The molecule has 0 spiro atoms. The van der Waals surface area contributed by atoms with Gasteiger partial charge >= 0.3 is 0 Å². The second-order valence-electron chi connectivity index (χ2n) is 6.77. The average Bonchev–Trinajstić information content (AvgIpc) is 3.29. The van der Waals surface area contributed by atoms with Gasteiger partial charge in [0.25, 0.3) is 5.56 Å². The Labute approximate surface area is 160 Å². The number of nitrogens with zero attached hydrogens (tertiary/aromatic N) is 2. The van der Waals surface area contributed by atoms with E-state index in [1.165, 1.54) is 24.2 Å². The Morgan fingerprint density at radius 2 is 1.96 bits per heavy atom. The summed E-state index contributed by atoms with van der Waals surface area (Å²) >= 11 is 13.6. The topological polar surface area (TPSA) is 26.9 Å². The highest BCUT2D eigenvalue weighted by Gasteiger charge is 2.25. The summed E-state index contributed by atoms with van der Waals surface area (Å²) in [5.74, 6) is 0.995. The summed E-state index contributed by atoms with van der Waals surface area (Å²) in [6, 6.07) is 6.17.